The summed E-state index contributed by atoms with van der Waals surface area (Å²) < 4.78 is 33.2. The van der Waals surface area contributed by atoms with E-state index in [1.54, 1.807) is 0 Å². The number of benzene rings is 2. The number of urea groups is 1. The van der Waals surface area contributed by atoms with Crippen LogP contribution >= 0.6 is 11.6 Å². The van der Waals surface area contributed by atoms with Gasteiger partial charge in [0.25, 0.3) is 5.91 Å². The monoisotopic (exact) mass is 409 g/mol. The Bertz CT molecular complexity index is 939. The maximum atomic E-state index is 14.6. The number of carbonyl (C=O) groups excluding carboxylic acids is 2. The van der Waals surface area contributed by atoms with Gasteiger partial charge in [0, 0.05) is 37.4 Å². The molecule has 9 heteroatoms. The number of methoxy groups -OCH3 is 1. The Morgan fingerprint density at radius 3 is 2.54 bits per heavy atom. The number of hydrogen-bond donors (Lipinski definition) is 3. The average Bonchev–Trinajstić information content (AvgIpc) is 3.03. The molecule has 28 heavy (non-hydrogen) atoms. The molecule has 0 bridgehead atoms. The number of rotatable bonds is 4. The van der Waals surface area contributed by atoms with Crippen molar-refractivity contribution in [3.8, 4) is 0 Å². The molecule has 6 nitrogen and oxygen atoms in total. The molecule has 0 fully saturated rings. The predicted molar refractivity (Wildman–Crippen MR) is 101 cm³/mol. The highest BCUT2D eigenvalue weighted by Gasteiger charge is 2.38. The maximum absolute atomic E-state index is 14.6. The van der Waals surface area contributed by atoms with E-state index in [2.05, 4.69) is 16.0 Å². The normalized spacial score (nSPS) is 17.8. The number of fused-ring (bicyclic) bond motifs is 1. The largest absolute Gasteiger partial charge is 0.379 e. The Labute approximate surface area is 165 Å². The van der Waals surface area contributed by atoms with E-state index in [0.29, 0.717) is 11.3 Å². The van der Waals surface area contributed by atoms with E-state index in [-0.39, 0.29) is 22.6 Å². The molecule has 0 aliphatic heterocycles. The van der Waals surface area contributed by atoms with Gasteiger partial charge in [-0.05, 0) is 35.9 Å². The van der Waals surface area contributed by atoms with Crippen LogP contribution in [0.25, 0.3) is 0 Å². The molecule has 2 atom stereocenters. The molecule has 3 rings (SSSR count). The molecule has 0 saturated heterocycles. The fourth-order valence-electron chi connectivity index (χ4n) is 3.28. The summed E-state index contributed by atoms with van der Waals surface area (Å²) in [7, 11) is 2.90. The van der Waals surface area contributed by atoms with Crippen molar-refractivity contribution in [2.45, 2.75) is 18.6 Å². The quantitative estimate of drug-likeness (QED) is 0.724. The lowest BCUT2D eigenvalue weighted by Gasteiger charge is -2.20. The second kappa shape index (κ2) is 8.12. The molecule has 148 valence electrons. The molecule has 0 radical (unpaired) electrons. The minimum Gasteiger partial charge on any atom is -0.379 e. The lowest BCUT2D eigenvalue weighted by atomic mass is 10.0. The van der Waals surface area contributed by atoms with Gasteiger partial charge >= 0.3 is 6.03 Å². The third-order valence-electron chi connectivity index (χ3n) is 4.63. The lowest BCUT2D eigenvalue weighted by Crippen LogP contribution is -2.40. The average molecular weight is 410 g/mol. The van der Waals surface area contributed by atoms with Crippen molar-refractivity contribution in [1.29, 1.82) is 0 Å². The van der Waals surface area contributed by atoms with Crippen LogP contribution in [0.2, 0.25) is 5.02 Å². The van der Waals surface area contributed by atoms with Gasteiger partial charge in [-0.1, -0.05) is 11.6 Å². The molecular weight excluding hydrogens is 392 g/mol. The van der Waals surface area contributed by atoms with E-state index in [1.807, 2.05) is 0 Å². The molecule has 2 unspecified atom stereocenters. The Kier molecular flexibility index (Phi) is 5.81. The van der Waals surface area contributed by atoms with Crippen molar-refractivity contribution in [1.82, 2.24) is 10.6 Å². The number of halogens is 3. The van der Waals surface area contributed by atoms with Crippen LogP contribution in [0.1, 0.15) is 27.5 Å². The topological polar surface area (TPSA) is 79.5 Å². The van der Waals surface area contributed by atoms with Gasteiger partial charge in [0.2, 0.25) is 0 Å². The number of carbonyl (C=O) groups is 2. The van der Waals surface area contributed by atoms with Gasteiger partial charge in [-0.2, -0.15) is 0 Å². The zero-order chi connectivity index (χ0) is 20.4. The molecule has 2 aromatic carbocycles. The standard InChI is InChI=1S/C19H18ClF2N3O3/c1-23-19(27)25-17-15(28-2)8-11-10(4-6-14(22)16(11)17)18(26)24-9-3-5-13(21)12(20)7-9/h3-7,15,17H,8H2,1-2H3,(H,24,26)(H2,23,25,27). The summed E-state index contributed by atoms with van der Waals surface area (Å²) in [5.41, 5.74) is 1.19. The van der Waals surface area contributed by atoms with Crippen LogP contribution in [-0.2, 0) is 11.2 Å². The van der Waals surface area contributed by atoms with Gasteiger partial charge in [0.05, 0.1) is 17.2 Å². The lowest BCUT2D eigenvalue weighted by molar-refractivity contribution is 0.0808. The van der Waals surface area contributed by atoms with Crippen molar-refractivity contribution in [3.63, 3.8) is 0 Å². The zero-order valence-electron chi connectivity index (χ0n) is 15.1. The summed E-state index contributed by atoms with van der Waals surface area (Å²) in [5, 5.41) is 7.56. The number of amides is 3. The third-order valence-corrected chi connectivity index (χ3v) is 4.92. The van der Waals surface area contributed by atoms with Crippen LogP contribution in [0.3, 0.4) is 0 Å². The summed E-state index contributed by atoms with van der Waals surface area (Å²) in [4.78, 5) is 24.5. The van der Waals surface area contributed by atoms with Gasteiger partial charge in [0.15, 0.2) is 0 Å². The fourth-order valence-corrected chi connectivity index (χ4v) is 3.46. The first-order valence-corrected chi connectivity index (χ1v) is 8.82. The Balaban J connectivity index is 1.95. The summed E-state index contributed by atoms with van der Waals surface area (Å²) in [6.45, 7) is 0. The van der Waals surface area contributed by atoms with Gasteiger partial charge in [-0.3, -0.25) is 4.79 Å². The molecule has 2 aromatic rings. The smallest absolute Gasteiger partial charge is 0.315 e. The fraction of sp³-hybridized carbons (Fsp3) is 0.263. The van der Waals surface area contributed by atoms with E-state index in [4.69, 9.17) is 16.3 Å². The third kappa shape index (κ3) is 3.79. The predicted octanol–water partition coefficient (Wildman–Crippen LogP) is 3.41. The van der Waals surface area contributed by atoms with E-state index in [9.17, 15) is 18.4 Å². The maximum Gasteiger partial charge on any atom is 0.315 e. The molecule has 3 amide bonds. The molecule has 1 aliphatic carbocycles. The second-order valence-electron chi connectivity index (χ2n) is 6.25. The number of hydrogen-bond acceptors (Lipinski definition) is 3. The van der Waals surface area contributed by atoms with Crippen LogP contribution < -0.4 is 16.0 Å². The van der Waals surface area contributed by atoms with Gasteiger partial charge < -0.3 is 20.7 Å². The molecular formula is C19H18ClF2N3O3. The highest BCUT2D eigenvalue weighted by Crippen LogP contribution is 2.37. The van der Waals surface area contributed by atoms with Crippen LogP contribution in [0, 0.1) is 11.6 Å². The SMILES string of the molecule is CNC(=O)NC1c2c(F)ccc(C(=O)Nc3ccc(F)c(Cl)c3)c2CC1OC. The summed E-state index contributed by atoms with van der Waals surface area (Å²) in [6, 6.07) is 5.09. The van der Waals surface area contributed by atoms with Crippen LogP contribution in [0.15, 0.2) is 30.3 Å². The number of ether oxygens (including phenoxy) is 1. The minimum atomic E-state index is -0.743. The summed E-state index contributed by atoms with van der Waals surface area (Å²) in [5.74, 6) is -1.65. The van der Waals surface area contributed by atoms with Crippen molar-refractivity contribution in [2.24, 2.45) is 0 Å². The van der Waals surface area contributed by atoms with Crippen molar-refractivity contribution >= 4 is 29.2 Å². The summed E-state index contributed by atoms with van der Waals surface area (Å²) in [6.07, 6.45) is -0.290. The van der Waals surface area contributed by atoms with E-state index in [0.717, 1.165) is 6.07 Å². The Hall–Kier alpha value is -2.71. The highest BCUT2D eigenvalue weighted by molar-refractivity contribution is 6.31. The molecule has 3 N–H and O–H groups in total. The van der Waals surface area contributed by atoms with E-state index >= 15 is 0 Å². The van der Waals surface area contributed by atoms with Crippen molar-refractivity contribution in [3.05, 3.63) is 63.7 Å². The summed E-state index contributed by atoms with van der Waals surface area (Å²) >= 11 is 5.74. The first-order valence-electron chi connectivity index (χ1n) is 8.44. The second-order valence-corrected chi connectivity index (χ2v) is 6.66. The van der Waals surface area contributed by atoms with Crippen LogP contribution in [0.5, 0.6) is 0 Å². The first-order chi connectivity index (χ1) is 13.3. The molecule has 1 aliphatic rings. The minimum absolute atomic E-state index is 0.128. The van der Waals surface area contributed by atoms with Crippen molar-refractivity contribution in [2.75, 3.05) is 19.5 Å². The van der Waals surface area contributed by atoms with Gasteiger partial charge in [-0.15, -0.1) is 0 Å². The zero-order valence-corrected chi connectivity index (χ0v) is 15.9. The Morgan fingerprint density at radius 2 is 1.89 bits per heavy atom. The molecule has 0 aromatic heterocycles. The van der Waals surface area contributed by atoms with Gasteiger partial charge in [0.1, 0.15) is 11.6 Å². The number of nitrogens with one attached hydrogen (secondary N) is 3. The van der Waals surface area contributed by atoms with Crippen molar-refractivity contribution < 1.29 is 23.1 Å². The molecule has 0 spiro atoms. The van der Waals surface area contributed by atoms with E-state index in [1.165, 1.54) is 38.4 Å². The molecule has 0 saturated carbocycles. The first kappa shape index (κ1) is 20.0. The highest BCUT2D eigenvalue weighted by atomic mass is 35.5. The Morgan fingerprint density at radius 1 is 1.18 bits per heavy atom. The van der Waals surface area contributed by atoms with E-state index < -0.39 is 35.7 Å². The number of anilines is 1. The van der Waals surface area contributed by atoms with Gasteiger partial charge in [-0.25, -0.2) is 13.6 Å². The van der Waals surface area contributed by atoms with Crippen LogP contribution in [-0.4, -0.2) is 32.2 Å². The molecule has 0 heterocycles. The van der Waals surface area contributed by atoms with Crippen LogP contribution in [0.4, 0.5) is 19.3 Å².